The van der Waals surface area contributed by atoms with E-state index in [2.05, 4.69) is 37.9 Å². The van der Waals surface area contributed by atoms with Crippen LogP contribution in [0.2, 0.25) is 0 Å². The maximum Gasteiger partial charge on any atom is 0.251 e. The van der Waals surface area contributed by atoms with Crippen LogP contribution >= 0.6 is 0 Å². The molecule has 1 aromatic carbocycles. The number of aliphatic hydroxyl groups excluding tert-OH is 1. The van der Waals surface area contributed by atoms with Crippen LogP contribution in [-0.2, 0) is 0 Å². The highest BCUT2D eigenvalue weighted by Crippen LogP contribution is 2.15. The summed E-state index contributed by atoms with van der Waals surface area (Å²) in [6.45, 7) is 10.2. The van der Waals surface area contributed by atoms with Crippen molar-refractivity contribution in [3.05, 3.63) is 29.8 Å². The first-order valence-electron chi connectivity index (χ1n) is 7.78. The summed E-state index contributed by atoms with van der Waals surface area (Å²) in [5.74, 6) is 0.313. The number of nitrogens with one attached hydrogen (secondary N) is 1. The molecule has 0 fully saturated rings. The molecule has 118 valence electrons. The van der Waals surface area contributed by atoms with E-state index in [0.717, 1.165) is 25.2 Å². The summed E-state index contributed by atoms with van der Waals surface area (Å²) in [5, 5.41) is 12.2. The highest BCUT2D eigenvalue weighted by Gasteiger charge is 2.14. The normalized spacial score (nSPS) is 12.3. The van der Waals surface area contributed by atoms with Crippen molar-refractivity contribution in [3.8, 4) is 0 Å². The molecule has 0 bridgehead atoms. The van der Waals surface area contributed by atoms with Gasteiger partial charge < -0.3 is 15.3 Å². The van der Waals surface area contributed by atoms with Crippen LogP contribution in [0.15, 0.2) is 24.3 Å². The first-order valence-corrected chi connectivity index (χ1v) is 7.78. The minimum Gasteiger partial charge on any atom is -0.394 e. The average molecular weight is 292 g/mol. The van der Waals surface area contributed by atoms with Gasteiger partial charge in [-0.3, -0.25) is 4.79 Å². The van der Waals surface area contributed by atoms with Crippen LogP contribution in [0.25, 0.3) is 0 Å². The maximum absolute atomic E-state index is 12.2. The molecular formula is C17H28N2O2. The second-order valence-electron chi connectivity index (χ2n) is 5.70. The molecule has 1 unspecified atom stereocenters. The van der Waals surface area contributed by atoms with Gasteiger partial charge in [0, 0.05) is 24.3 Å². The molecule has 2 N–H and O–H groups in total. The van der Waals surface area contributed by atoms with Crippen molar-refractivity contribution in [2.75, 3.05) is 24.6 Å². The molecule has 0 radical (unpaired) electrons. The van der Waals surface area contributed by atoms with Gasteiger partial charge in [0.25, 0.3) is 5.91 Å². The number of carbonyl (C=O) groups excluding carboxylic acids is 1. The van der Waals surface area contributed by atoms with Crippen molar-refractivity contribution >= 4 is 11.6 Å². The number of anilines is 1. The quantitative estimate of drug-likeness (QED) is 0.774. The number of hydrogen-bond donors (Lipinski definition) is 2. The molecule has 0 aromatic heterocycles. The lowest BCUT2D eigenvalue weighted by Gasteiger charge is -2.21. The van der Waals surface area contributed by atoms with Gasteiger partial charge in [-0.15, -0.1) is 0 Å². The first kappa shape index (κ1) is 17.5. The number of amides is 1. The highest BCUT2D eigenvalue weighted by molar-refractivity contribution is 5.94. The van der Waals surface area contributed by atoms with E-state index in [0.29, 0.717) is 11.5 Å². The molecule has 0 aliphatic carbocycles. The summed E-state index contributed by atoms with van der Waals surface area (Å²) < 4.78 is 0. The smallest absolute Gasteiger partial charge is 0.251 e. The summed E-state index contributed by atoms with van der Waals surface area (Å²) >= 11 is 0. The van der Waals surface area contributed by atoms with Crippen molar-refractivity contribution in [1.82, 2.24) is 5.32 Å². The third-order valence-electron chi connectivity index (χ3n) is 3.57. The van der Waals surface area contributed by atoms with Gasteiger partial charge in [-0.05, 0) is 50.5 Å². The van der Waals surface area contributed by atoms with Gasteiger partial charge in [-0.2, -0.15) is 0 Å². The molecule has 4 nitrogen and oxygen atoms in total. The summed E-state index contributed by atoms with van der Waals surface area (Å²) in [5.41, 5.74) is 1.76. The van der Waals surface area contributed by atoms with Gasteiger partial charge >= 0.3 is 0 Å². The third-order valence-corrected chi connectivity index (χ3v) is 3.57. The van der Waals surface area contributed by atoms with E-state index in [9.17, 15) is 9.90 Å². The molecule has 1 rings (SSSR count). The van der Waals surface area contributed by atoms with E-state index < -0.39 is 0 Å². The minimum absolute atomic E-state index is 0.0263. The zero-order chi connectivity index (χ0) is 15.8. The van der Waals surface area contributed by atoms with E-state index in [1.807, 2.05) is 24.3 Å². The average Bonchev–Trinajstić information content (AvgIpc) is 2.48. The van der Waals surface area contributed by atoms with Crippen molar-refractivity contribution in [1.29, 1.82) is 0 Å². The fourth-order valence-corrected chi connectivity index (χ4v) is 2.43. The molecule has 1 amide bonds. The van der Waals surface area contributed by atoms with Gasteiger partial charge in [-0.1, -0.05) is 13.8 Å². The monoisotopic (exact) mass is 292 g/mol. The number of nitrogens with zero attached hydrogens (tertiary/aromatic N) is 1. The molecule has 0 aliphatic rings. The Bertz CT molecular complexity index is 425. The van der Waals surface area contributed by atoms with Crippen molar-refractivity contribution in [2.45, 2.75) is 40.2 Å². The Kier molecular flexibility index (Phi) is 7.23. The van der Waals surface area contributed by atoms with Crippen LogP contribution in [0.4, 0.5) is 5.69 Å². The lowest BCUT2D eigenvalue weighted by Crippen LogP contribution is -2.38. The fourth-order valence-electron chi connectivity index (χ4n) is 2.43. The number of benzene rings is 1. The molecule has 0 saturated carbocycles. The second-order valence-corrected chi connectivity index (χ2v) is 5.70. The first-order chi connectivity index (χ1) is 10.0. The summed E-state index contributed by atoms with van der Waals surface area (Å²) in [6.07, 6.45) is 0.778. The fraction of sp³-hybridized carbons (Fsp3) is 0.588. The Morgan fingerprint density at radius 3 is 2.19 bits per heavy atom. The second kappa shape index (κ2) is 8.67. The summed E-state index contributed by atoms with van der Waals surface area (Å²) in [7, 11) is 0. The van der Waals surface area contributed by atoms with Gasteiger partial charge in [0.15, 0.2) is 0 Å². The predicted octanol–water partition coefficient (Wildman–Crippen LogP) is 2.67. The molecule has 1 atom stereocenters. The van der Waals surface area contributed by atoms with Gasteiger partial charge in [0.1, 0.15) is 0 Å². The van der Waals surface area contributed by atoms with Crippen LogP contribution < -0.4 is 10.2 Å². The van der Waals surface area contributed by atoms with Crippen LogP contribution in [0.1, 0.15) is 44.5 Å². The lowest BCUT2D eigenvalue weighted by molar-refractivity contribution is 0.0908. The SMILES string of the molecule is CCN(CC)c1ccc(C(=O)NC(CO)CC(C)C)cc1. The van der Waals surface area contributed by atoms with Crippen molar-refractivity contribution < 1.29 is 9.90 Å². The van der Waals surface area contributed by atoms with Gasteiger partial charge in [0.05, 0.1) is 12.6 Å². The number of hydrogen-bond acceptors (Lipinski definition) is 3. The van der Waals surface area contributed by atoms with Crippen LogP contribution in [-0.4, -0.2) is 36.8 Å². The van der Waals surface area contributed by atoms with E-state index in [1.165, 1.54) is 0 Å². The Balaban J connectivity index is 2.70. The standard InChI is InChI=1S/C17H28N2O2/c1-5-19(6-2)16-9-7-14(8-10-16)17(21)18-15(12-20)11-13(3)4/h7-10,13,15,20H,5-6,11-12H2,1-4H3,(H,18,21). The topological polar surface area (TPSA) is 52.6 Å². The zero-order valence-corrected chi connectivity index (χ0v) is 13.6. The minimum atomic E-state index is -0.181. The Hall–Kier alpha value is -1.55. The Morgan fingerprint density at radius 1 is 1.19 bits per heavy atom. The largest absolute Gasteiger partial charge is 0.394 e. The van der Waals surface area contributed by atoms with E-state index in [1.54, 1.807) is 0 Å². The Morgan fingerprint density at radius 2 is 1.76 bits per heavy atom. The number of carbonyl (C=O) groups is 1. The van der Waals surface area contributed by atoms with Gasteiger partial charge in [-0.25, -0.2) is 0 Å². The van der Waals surface area contributed by atoms with E-state index in [-0.39, 0.29) is 18.6 Å². The molecular weight excluding hydrogens is 264 g/mol. The molecule has 0 aliphatic heterocycles. The van der Waals surface area contributed by atoms with E-state index in [4.69, 9.17) is 0 Å². The highest BCUT2D eigenvalue weighted by atomic mass is 16.3. The molecule has 0 spiro atoms. The molecule has 0 saturated heterocycles. The molecule has 4 heteroatoms. The molecule has 1 aromatic rings. The number of aliphatic hydroxyl groups is 1. The van der Waals surface area contributed by atoms with Gasteiger partial charge in [0.2, 0.25) is 0 Å². The lowest BCUT2D eigenvalue weighted by atomic mass is 10.0. The Labute approximate surface area is 128 Å². The summed E-state index contributed by atoms with van der Waals surface area (Å²) in [4.78, 5) is 14.4. The van der Waals surface area contributed by atoms with Crippen molar-refractivity contribution in [2.24, 2.45) is 5.92 Å². The third kappa shape index (κ3) is 5.38. The van der Waals surface area contributed by atoms with Crippen molar-refractivity contribution in [3.63, 3.8) is 0 Å². The summed E-state index contributed by atoms with van der Waals surface area (Å²) in [6, 6.07) is 7.44. The zero-order valence-electron chi connectivity index (χ0n) is 13.6. The maximum atomic E-state index is 12.2. The predicted molar refractivity (Wildman–Crippen MR) is 87.8 cm³/mol. The molecule has 0 heterocycles. The number of rotatable bonds is 8. The van der Waals surface area contributed by atoms with Crippen LogP contribution in [0.5, 0.6) is 0 Å². The van der Waals surface area contributed by atoms with Crippen LogP contribution in [0.3, 0.4) is 0 Å². The molecule has 21 heavy (non-hydrogen) atoms. The van der Waals surface area contributed by atoms with Crippen LogP contribution in [0, 0.1) is 5.92 Å². The van der Waals surface area contributed by atoms with E-state index >= 15 is 0 Å².